The predicted octanol–water partition coefficient (Wildman–Crippen LogP) is 3.37. The average molecular weight is 303 g/mol. The Kier molecular flexibility index (Phi) is 3.60. The fourth-order valence-electron chi connectivity index (χ4n) is 3.00. The van der Waals surface area contributed by atoms with Crippen molar-refractivity contribution in [3.63, 3.8) is 0 Å². The first-order chi connectivity index (χ1) is 10.5. The van der Waals surface area contributed by atoms with Crippen LogP contribution in [0, 0.1) is 10.1 Å². The minimum absolute atomic E-state index is 0.0220. The Bertz CT molecular complexity index is 806. The van der Waals surface area contributed by atoms with Crippen LogP contribution in [0.2, 0.25) is 0 Å². The molecule has 22 heavy (non-hydrogen) atoms. The normalized spacial score (nSPS) is 14.1. The molecule has 0 saturated heterocycles. The van der Waals surface area contributed by atoms with Crippen LogP contribution in [0.4, 0.5) is 5.69 Å². The second-order valence-corrected chi connectivity index (χ2v) is 5.77. The molecule has 0 amide bonds. The smallest absolute Gasteiger partial charge is 0.353 e. The predicted molar refractivity (Wildman–Crippen MR) is 81.5 cm³/mol. The van der Waals surface area contributed by atoms with Crippen molar-refractivity contribution in [2.45, 2.75) is 45.6 Å². The van der Waals surface area contributed by atoms with Crippen LogP contribution in [0.5, 0.6) is 5.75 Å². The molecule has 3 rings (SSSR count). The van der Waals surface area contributed by atoms with Gasteiger partial charge in [-0.15, -0.1) is 0 Å². The summed E-state index contributed by atoms with van der Waals surface area (Å²) >= 11 is 0. The Morgan fingerprint density at radius 3 is 2.55 bits per heavy atom. The third kappa shape index (κ3) is 2.34. The summed E-state index contributed by atoms with van der Waals surface area (Å²) in [6.07, 6.45) is 3.13. The summed E-state index contributed by atoms with van der Waals surface area (Å²) in [6.45, 7) is 3.58. The van der Waals surface area contributed by atoms with Gasteiger partial charge in [0.05, 0.1) is 11.0 Å². The zero-order valence-electron chi connectivity index (χ0n) is 12.5. The van der Waals surface area contributed by atoms with Gasteiger partial charge in [0.1, 0.15) is 0 Å². The van der Waals surface area contributed by atoms with Crippen LogP contribution < -0.4 is 10.4 Å². The number of fused-ring (bicyclic) bond motifs is 3. The molecule has 0 saturated carbocycles. The van der Waals surface area contributed by atoms with Crippen LogP contribution >= 0.6 is 0 Å². The minimum Gasteiger partial charge on any atom is -0.484 e. The lowest BCUT2D eigenvalue weighted by atomic mass is 9.90. The zero-order chi connectivity index (χ0) is 15.9. The van der Waals surface area contributed by atoms with Crippen molar-refractivity contribution in [3.05, 3.63) is 43.8 Å². The maximum absolute atomic E-state index is 12.2. The maximum Gasteiger partial charge on any atom is 0.353 e. The third-order valence-corrected chi connectivity index (χ3v) is 3.87. The number of benzene rings is 1. The van der Waals surface area contributed by atoms with E-state index in [0.29, 0.717) is 17.4 Å². The van der Waals surface area contributed by atoms with E-state index >= 15 is 0 Å². The SMILES string of the molecule is CC(C)Oc1ccc2c3c(c(=O)oc2c1[N+](=O)[O-])CCCC3. The molecule has 0 fully saturated rings. The molecule has 6 nitrogen and oxygen atoms in total. The van der Waals surface area contributed by atoms with E-state index in [4.69, 9.17) is 9.15 Å². The third-order valence-electron chi connectivity index (χ3n) is 3.87. The van der Waals surface area contributed by atoms with Gasteiger partial charge >= 0.3 is 11.3 Å². The van der Waals surface area contributed by atoms with Crippen molar-refractivity contribution in [2.24, 2.45) is 0 Å². The number of nitro benzene ring substituents is 1. The van der Waals surface area contributed by atoms with Gasteiger partial charge in [-0.25, -0.2) is 4.79 Å². The van der Waals surface area contributed by atoms with Gasteiger partial charge in [-0.1, -0.05) is 0 Å². The summed E-state index contributed by atoms with van der Waals surface area (Å²) in [4.78, 5) is 23.1. The Hall–Kier alpha value is -2.37. The second-order valence-electron chi connectivity index (χ2n) is 5.77. The van der Waals surface area contributed by atoms with Gasteiger partial charge in [0, 0.05) is 10.9 Å². The molecule has 2 aromatic rings. The monoisotopic (exact) mass is 303 g/mol. The van der Waals surface area contributed by atoms with Crippen molar-refractivity contribution in [3.8, 4) is 5.75 Å². The fraction of sp³-hybridized carbons (Fsp3) is 0.438. The first-order valence-corrected chi connectivity index (χ1v) is 7.41. The van der Waals surface area contributed by atoms with Crippen molar-refractivity contribution in [1.29, 1.82) is 0 Å². The molecular formula is C16H17NO5. The quantitative estimate of drug-likeness (QED) is 0.493. The lowest BCUT2D eigenvalue weighted by molar-refractivity contribution is -0.384. The van der Waals surface area contributed by atoms with Crippen LogP contribution in [0.1, 0.15) is 37.8 Å². The van der Waals surface area contributed by atoms with Gasteiger partial charge < -0.3 is 9.15 Å². The van der Waals surface area contributed by atoms with E-state index in [9.17, 15) is 14.9 Å². The number of nitro groups is 1. The van der Waals surface area contributed by atoms with Crippen molar-refractivity contribution in [1.82, 2.24) is 0 Å². The summed E-state index contributed by atoms with van der Waals surface area (Å²) in [5, 5.41) is 12.1. The molecule has 0 unspecified atom stereocenters. The summed E-state index contributed by atoms with van der Waals surface area (Å²) < 4.78 is 10.8. The number of hydrogen-bond donors (Lipinski definition) is 0. The number of nitrogens with zero attached hydrogens (tertiary/aromatic N) is 1. The van der Waals surface area contributed by atoms with E-state index in [1.54, 1.807) is 26.0 Å². The molecule has 0 radical (unpaired) electrons. The molecule has 0 aliphatic heterocycles. The molecule has 6 heteroatoms. The summed E-state index contributed by atoms with van der Waals surface area (Å²) in [5.41, 5.74) is 0.833. The molecule has 1 aliphatic rings. The highest BCUT2D eigenvalue weighted by atomic mass is 16.6. The van der Waals surface area contributed by atoms with Gasteiger partial charge in [-0.2, -0.15) is 0 Å². The Morgan fingerprint density at radius 1 is 1.23 bits per heavy atom. The zero-order valence-corrected chi connectivity index (χ0v) is 12.5. The van der Waals surface area contributed by atoms with Gasteiger partial charge in [0.25, 0.3) is 0 Å². The molecule has 0 N–H and O–H groups in total. The van der Waals surface area contributed by atoms with Crippen LogP contribution in [0.15, 0.2) is 21.3 Å². The van der Waals surface area contributed by atoms with Gasteiger partial charge in [-0.3, -0.25) is 10.1 Å². The van der Waals surface area contributed by atoms with E-state index in [-0.39, 0.29) is 23.1 Å². The summed E-state index contributed by atoms with van der Waals surface area (Å²) in [6, 6.07) is 3.35. The van der Waals surface area contributed by atoms with E-state index in [1.165, 1.54) is 0 Å². The fourth-order valence-corrected chi connectivity index (χ4v) is 3.00. The number of aryl methyl sites for hydroxylation is 1. The molecule has 0 atom stereocenters. The number of ether oxygens (including phenoxy) is 1. The Morgan fingerprint density at radius 2 is 1.91 bits per heavy atom. The molecule has 1 aliphatic carbocycles. The van der Waals surface area contributed by atoms with Gasteiger partial charge in [-0.05, 0) is 57.2 Å². The lowest BCUT2D eigenvalue weighted by Crippen LogP contribution is -2.16. The van der Waals surface area contributed by atoms with Crippen molar-refractivity contribution in [2.75, 3.05) is 0 Å². The van der Waals surface area contributed by atoms with E-state index in [0.717, 1.165) is 24.8 Å². The Balaban J connectivity index is 2.34. The standard InChI is InChI=1S/C16H17NO5/c1-9(2)21-13-8-7-11-10-5-3-4-6-12(10)16(18)22-15(11)14(13)17(19)20/h7-9H,3-6H2,1-2H3. The van der Waals surface area contributed by atoms with Crippen LogP contribution in [0.25, 0.3) is 11.0 Å². The highest BCUT2D eigenvalue weighted by Gasteiger charge is 2.27. The number of rotatable bonds is 3. The number of hydrogen-bond acceptors (Lipinski definition) is 5. The Labute approximate surface area is 126 Å². The molecule has 1 aromatic carbocycles. The lowest BCUT2D eigenvalue weighted by Gasteiger charge is -2.17. The van der Waals surface area contributed by atoms with Gasteiger partial charge in [0.2, 0.25) is 11.3 Å². The van der Waals surface area contributed by atoms with E-state index < -0.39 is 10.5 Å². The summed E-state index contributed by atoms with van der Waals surface area (Å²) in [5.74, 6) is 0.131. The van der Waals surface area contributed by atoms with Crippen LogP contribution in [-0.4, -0.2) is 11.0 Å². The summed E-state index contributed by atoms with van der Waals surface area (Å²) in [7, 11) is 0. The van der Waals surface area contributed by atoms with E-state index in [2.05, 4.69) is 0 Å². The molecule has 1 aromatic heterocycles. The topological polar surface area (TPSA) is 82.6 Å². The maximum atomic E-state index is 12.2. The molecule has 0 spiro atoms. The van der Waals surface area contributed by atoms with Crippen molar-refractivity contribution >= 4 is 16.7 Å². The molecule has 0 bridgehead atoms. The van der Waals surface area contributed by atoms with Crippen LogP contribution in [0.3, 0.4) is 0 Å². The van der Waals surface area contributed by atoms with Crippen LogP contribution in [-0.2, 0) is 12.8 Å². The highest BCUT2D eigenvalue weighted by Crippen LogP contribution is 2.38. The molecule has 1 heterocycles. The average Bonchev–Trinajstić information content (AvgIpc) is 2.46. The van der Waals surface area contributed by atoms with Crippen molar-refractivity contribution < 1.29 is 14.1 Å². The highest BCUT2D eigenvalue weighted by molar-refractivity contribution is 5.91. The first kappa shape index (κ1) is 14.6. The first-order valence-electron chi connectivity index (χ1n) is 7.41. The second kappa shape index (κ2) is 5.44. The molecular weight excluding hydrogens is 286 g/mol. The molecule has 116 valence electrons. The van der Waals surface area contributed by atoms with Gasteiger partial charge in [0.15, 0.2) is 0 Å². The largest absolute Gasteiger partial charge is 0.484 e. The van der Waals surface area contributed by atoms with E-state index in [1.807, 2.05) is 0 Å². The minimum atomic E-state index is -0.543.